The molecule has 8 heteroatoms. The van der Waals surface area contributed by atoms with Gasteiger partial charge in [-0.1, -0.05) is 15.9 Å². The average Bonchev–Trinajstić information content (AvgIpc) is 2.55. The first-order valence-corrected chi connectivity index (χ1v) is 7.75. The topological polar surface area (TPSA) is 62.7 Å². The van der Waals surface area contributed by atoms with Gasteiger partial charge in [0.25, 0.3) is 0 Å². The highest BCUT2D eigenvalue weighted by Gasteiger charge is 2.06. The SMILES string of the molecule is Cc1cc(Nc2nncc(Nc3ccc(F)c(F)c3)n2)ccc1Br. The molecule has 0 aliphatic heterocycles. The Labute approximate surface area is 145 Å². The highest BCUT2D eigenvalue weighted by Crippen LogP contribution is 2.22. The van der Waals surface area contributed by atoms with Gasteiger partial charge in [-0.3, -0.25) is 0 Å². The second-order valence-corrected chi connectivity index (χ2v) is 5.86. The first-order chi connectivity index (χ1) is 11.5. The van der Waals surface area contributed by atoms with E-state index in [1.165, 1.54) is 12.3 Å². The second-order valence-electron chi connectivity index (χ2n) is 5.01. The predicted octanol–water partition coefficient (Wildman–Crippen LogP) is 4.71. The van der Waals surface area contributed by atoms with Crippen molar-refractivity contribution in [1.82, 2.24) is 15.2 Å². The Balaban J connectivity index is 1.78. The molecule has 122 valence electrons. The molecule has 5 nitrogen and oxygen atoms in total. The van der Waals surface area contributed by atoms with Crippen molar-refractivity contribution in [2.24, 2.45) is 0 Å². The van der Waals surface area contributed by atoms with Gasteiger partial charge in [0, 0.05) is 21.9 Å². The molecule has 1 aromatic heterocycles. The number of rotatable bonds is 4. The highest BCUT2D eigenvalue weighted by molar-refractivity contribution is 9.10. The maximum absolute atomic E-state index is 13.2. The van der Waals surface area contributed by atoms with Crippen LogP contribution in [0, 0.1) is 18.6 Å². The molecule has 0 saturated carbocycles. The summed E-state index contributed by atoms with van der Waals surface area (Å²) in [7, 11) is 0. The van der Waals surface area contributed by atoms with Gasteiger partial charge < -0.3 is 10.6 Å². The number of nitrogens with zero attached hydrogens (tertiary/aromatic N) is 3. The molecule has 0 unspecified atom stereocenters. The highest BCUT2D eigenvalue weighted by atomic mass is 79.9. The molecule has 0 bridgehead atoms. The molecule has 1 heterocycles. The number of hydrogen-bond acceptors (Lipinski definition) is 5. The third kappa shape index (κ3) is 3.83. The zero-order valence-electron chi connectivity index (χ0n) is 12.5. The summed E-state index contributed by atoms with van der Waals surface area (Å²) in [4.78, 5) is 4.24. The van der Waals surface area contributed by atoms with Gasteiger partial charge in [0.15, 0.2) is 17.5 Å². The summed E-state index contributed by atoms with van der Waals surface area (Å²) in [6.07, 6.45) is 1.39. The van der Waals surface area contributed by atoms with Crippen molar-refractivity contribution in [1.29, 1.82) is 0 Å². The normalized spacial score (nSPS) is 10.5. The van der Waals surface area contributed by atoms with Gasteiger partial charge in [-0.25, -0.2) is 8.78 Å². The van der Waals surface area contributed by atoms with Crippen LogP contribution in [0.5, 0.6) is 0 Å². The van der Waals surface area contributed by atoms with Crippen molar-refractivity contribution in [3.05, 3.63) is 64.3 Å². The summed E-state index contributed by atoms with van der Waals surface area (Å²) in [5.41, 5.74) is 2.23. The molecule has 0 aliphatic rings. The van der Waals surface area contributed by atoms with Crippen LogP contribution in [-0.4, -0.2) is 15.2 Å². The molecule has 3 rings (SSSR count). The summed E-state index contributed by atoms with van der Waals surface area (Å²) in [6, 6.07) is 9.21. The molecule has 0 atom stereocenters. The molecule has 0 saturated heterocycles. The third-order valence-corrected chi connectivity index (χ3v) is 4.05. The fraction of sp³-hybridized carbons (Fsp3) is 0.0625. The number of aromatic nitrogens is 3. The van der Waals surface area contributed by atoms with E-state index >= 15 is 0 Å². The van der Waals surface area contributed by atoms with Crippen molar-refractivity contribution in [2.45, 2.75) is 6.92 Å². The molecule has 0 radical (unpaired) electrons. The van der Waals surface area contributed by atoms with Gasteiger partial charge in [0.05, 0.1) is 6.20 Å². The number of aryl methyl sites for hydroxylation is 1. The molecular weight excluding hydrogens is 380 g/mol. The van der Waals surface area contributed by atoms with Crippen LogP contribution in [0.2, 0.25) is 0 Å². The van der Waals surface area contributed by atoms with Crippen molar-refractivity contribution in [3.63, 3.8) is 0 Å². The Morgan fingerprint density at radius 3 is 2.46 bits per heavy atom. The molecule has 0 fully saturated rings. The zero-order valence-corrected chi connectivity index (χ0v) is 14.1. The van der Waals surface area contributed by atoms with Crippen LogP contribution in [0.25, 0.3) is 0 Å². The van der Waals surface area contributed by atoms with E-state index in [-0.39, 0.29) is 5.95 Å². The van der Waals surface area contributed by atoms with Crippen LogP contribution in [-0.2, 0) is 0 Å². The number of benzene rings is 2. The Kier molecular flexibility index (Phi) is 4.66. The molecular formula is C16H12BrF2N5. The maximum atomic E-state index is 13.2. The zero-order chi connectivity index (χ0) is 17.1. The standard InChI is InChI=1S/C16H12BrF2N5/c1-9-6-10(2-4-12(9)17)22-16-23-15(8-20-24-16)21-11-3-5-13(18)14(19)7-11/h2-8H,1H3,(H2,21,22,23,24). The number of anilines is 4. The summed E-state index contributed by atoms with van der Waals surface area (Å²) < 4.78 is 27.2. The fourth-order valence-corrected chi connectivity index (χ4v) is 2.24. The largest absolute Gasteiger partial charge is 0.339 e. The average molecular weight is 392 g/mol. The first kappa shape index (κ1) is 16.3. The minimum absolute atomic E-state index is 0.282. The first-order valence-electron chi connectivity index (χ1n) is 6.96. The smallest absolute Gasteiger partial charge is 0.249 e. The Morgan fingerprint density at radius 1 is 0.958 bits per heavy atom. The molecule has 2 aromatic carbocycles. The van der Waals surface area contributed by atoms with Crippen molar-refractivity contribution >= 4 is 39.1 Å². The van der Waals surface area contributed by atoms with E-state index in [1.807, 2.05) is 25.1 Å². The Morgan fingerprint density at radius 2 is 1.71 bits per heavy atom. The lowest BCUT2D eigenvalue weighted by molar-refractivity contribution is 0.509. The Hall–Kier alpha value is -2.61. The van der Waals surface area contributed by atoms with Gasteiger partial charge in [0.1, 0.15) is 0 Å². The van der Waals surface area contributed by atoms with E-state index in [0.717, 1.165) is 27.9 Å². The minimum atomic E-state index is -0.939. The van der Waals surface area contributed by atoms with Gasteiger partial charge >= 0.3 is 0 Å². The summed E-state index contributed by atoms with van der Waals surface area (Å²) in [5, 5.41) is 13.6. The number of halogens is 3. The van der Waals surface area contributed by atoms with Crippen LogP contribution < -0.4 is 10.6 Å². The summed E-state index contributed by atoms with van der Waals surface area (Å²) >= 11 is 3.44. The minimum Gasteiger partial charge on any atom is -0.339 e. The quantitative estimate of drug-likeness (QED) is 0.674. The lowest BCUT2D eigenvalue weighted by Gasteiger charge is -2.09. The molecule has 3 aromatic rings. The number of hydrogen-bond donors (Lipinski definition) is 2. The van der Waals surface area contributed by atoms with Crippen LogP contribution in [0.3, 0.4) is 0 Å². The predicted molar refractivity (Wildman–Crippen MR) is 91.6 cm³/mol. The van der Waals surface area contributed by atoms with E-state index in [9.17, 15) is 8.78 Å². The monoisotopic (exact) mass is 391 g/mol. The van der Waals surface area contributed by atoms with E-state index in [0.29, 0.717) is 11.5 Å². The van der Waals surface area contributed by atoms with Crippen molar-refractivity contribution in [3.8, 4) is 0 Å². The lowest BCUT2D eigenvalue weighted by atomic mass is 10.2. The summed E-state index contributed by atoms with van der Waals surface area (Å²) in [5.74, 6) is -1.21. The van der Waals surface area contributed by atoms with Gasteiger partial charge in [-0.05, 0) is 42.8 Å². The van der Waals surface area contributed by atoms with Gasteiger partial charge in [-0.2, -0.15) is 10.1 Å². The number of nitrogens with one attached hydrogen (secondary N) is 2. The van der Waals surface area contributed by atoms with Crippen LogP contribution in [0.4, 0.5) is 31.9 Å². The maximum Gasteiger partial charge on any atom is 0.249 e. The van der Waals surface area contributed by atoms with E-state index in [2.05, 4.69) is 41.7 Å². The molecule has 0 amide bonds. The van der Waals surface area contributed by atoms with E-state index in [1.54, 1.807) is 0 Å². The second kappa shape index (κ2) is 6.88. The van der Waals surface area contributed by atoms with E-state index < -0.39 is 11.6 Å². The van der Waals surface area contributed by atoms with E-state index in [4.69, 9.17) is 0 Å². The van der Waals surface area contributed by atoms with Crippen molar-refractivity contribution < 1.29 is 8.78 Å². The molecule has 24 heavy (non-hydrogen) atoms. The van der Waals surface area contributed by atoms with Crippen LogP contribution >= 0.6 is 15.9 Å². The summed E-state index contributed by atoms with van der Waals surface area (Å²) in [6.45, 7) is 1.97. The fourth-order valence-electron chi connectivity index (χ4n) is 1.99. The Bertz CT molecular complexity index is 819. The van der Waals surface area contributed by atoms with Gasteiger partial charge in [-0.15, -0.1) is 5.10 Å². The van der Waals surface area contributed by atoms with Crippen molar-refractivity contribution in [2.75, 3.05) is 10.6 Å². The third-order valence-electron chi connectivity index (χ3n) is 3.16. The van der Waals surface area contributed by atoms with Crippen LogP contribution in [0.15, 0.2) is 47.1 Å². The molecule has 2 N–H and O–H groups in total. The lowest BCUT2D eigenvalue weighted by Crippen LogP contribution is -2.03. The molecule has 0 aliphatic carbocycles. The van der Waals surface area contributed by atoms with Gasteiger partial charge in [0.2, 0.25) is 5.95 Å². The molecule has 0 spiro atoms. The van der Waals surface area contributed by atoms with Crippen LogP contribution in [0.1, 0.15) is 5.56 Å².